The van der Waals surface area contributed by atoms with Crippen LogP contribution in [-0.2, 0) is 11.3 Å². The van der Waals surface area contributed by atoms with E-state index in [1.807, 2.05) is 0 Å². The summed E-state index contributed by atoms with van der Waals surface area (Å²) in [5, 5.41) is 15.0. The van der Waals surface area contributed by atoms with Gasteiger partial charge in [0.25, 0.3) is 0 Å². The molecule has 0 spiro atoms. The van der Waals surface area contributed by atoms with E-state index in [9.17, 15) is 4.79 Å². The fourth-order valence-corrected chi connectivity index (χ4v) is 0.522. The van der Waals surface area contributed by atoms with Crippen LogP contribution in [0.3, 0.4) is 0 Å². The van der Waals surface area contributed by atoms with E-state index < -0.39 is 11.9 Å². The lowest BCUT2D eigenvalue weighted by Gasteiger charge is -1.87. The highest BCUT2D eigenvalue weighted by Gasteiger charge is 2.11. The fraction of sp³-hybridized carbons (Fsp3) is 0.400. The third-order valence-corrected chi connectivity index (χ3v) is 0.918. The summed E-state index contributed by atoms with van der Waals surface area (Å²) in [5.41, 5.74) is 0. The van der Waals surface area contributed by atoms with Gasteiger partial charge in [-0.1, -0.05) is 0 Å². The molecule has 0 aliphatic heterocycles. The molecule has 0 saturated carbocycles. The van der Waals surface area contributed by atoms with Gasteiger partial charge < -0.3 is 14.3 Å². The standard InChI is InChI=1S/C5H6N2O4/c1-10-2-3-6-7-4(11-3)5(8)9/h2H2,1H3,(H,8,9). The van der Waals surface area contributed by atoms with Gasteiger partial charge in [0, 0.05) is 7.11 Å². The van der Waals surface area contributed by atoms with Gasteiger partial charge in [0.15, 0.2) is 0 Å². The van der Waals surface area contributed by atoms with Gasteiger partial charge in [-0.3, -0.25) is 0 Å². The topological polar surface area (TPSA) is 85.5 Å². The molecule has 6 nitrogen and oxygen atoms in total. The molecule has 1 heterocycles. The molecule has 0 bridgehead atoms. The summed E-state index contributed by atoms with van der Waals surface area (Å²) in [5.74, 6) is -1.50. The third-order valence-electron chi connectivity index (χ3n) is 0.918. The second kappa shape index (κ2) is 3.11. The third kappa shape index (κ3) is 1.74. The van der Waals surface area contributed by atoms with Crippen molar-refractivity contribution in [2.45, 2.75) is 6.61 Å². The minimum atomic E-state index is -1.24. The van der Waals surface area contributed by atoms with Crippen molar-refractivity contribution < 1.29 is 19.1 Å². The molecule has 60 valence electrons. The largest absolute Gasteiger partial charge is 0.474 e. The van der Waals surface area contributed by atoms with Gasteiger partial charge in [-0.05, 0) is 0 Å². The average Bonchev–Trinajstić information content (AvgIpc) is 2.37. The van der Waals surface area contributed by atoms with E-state index in [1.165, 1.54) is 7.11 Å². The predicted molar refractivity (Wildman–Crippen MR) is 32.0 cm³/mol. The van der Waals surface area contributed by atoms with Crippen LogP contribution in [0.25, 0.3) is 0 Å². The number of carboxylic acids is 1. The molecular formula is C5H6N2O4. The number of carboxylic acid groups (broad SMARTS) is 1. The molecule has 0 atom stereocenters. The molecule has 0 aromatic carbocycles. The first-order chi connectivity index (χ1) is 5.24. The van der Waals surface area contributed by atoms with Gasteiger partial charge in [0.1, 0.15) is 6.61 Å². The predicted octanol–water partition coefficient (Wildman–Crippen LogP) is -0.0858. The quantitative estimate of drug-likeness (QED) is 0.661. The number of ether oxygens (including phenoxy) is 1. The smallest absolute Gasteiger partial charge is 0.393 e. The van der Waals surface area contributed by atoms with E-state index in [4.69, 9.17) is 5.11 Å². The summed E-state index contributed by atoms with van der Waals surface area (Å²) in [6.07, 6.45) is 0. The van der Waals surface area contributed by atoms with Gasteiger partial charge in [-0.25, -0.2) is 4.79 Å². The van der Waals surface area contributed by atoms with Gasteiger partial charge in [0.2, 0.25) is 5.89 Å². The molecule has 0 aliphatic rings. The van der Waals surface area contributed by atoms with Crippen LogP contribution in [0.2, 0.25) is 0 Å². The number of aromatic carboxylic acids is 1. The second-order valence-electron chi connectivity index (χ2n) is 1.74. The lowest BCUT2D eigenvalue weighted by molar-refractivity contribution is 0.0646. The summed E-state index contributed by atoms with van der Waals surface area (Å²) in [7, 11) is 1.45. The number of methoxy groups -OCH3 is 1. The first kappa shape index (κ1) is 7.67. The Bertz CT molecular complexity index is 257. The van der Waals surface area contributed by atoms with Gasteiger partial charge in [-0.15, -0.1) is 10.2 Å². The maximum Gasteiger partial charge on any atom is 0.393 e. The van der Waals surface area contributed by atoms with Crippen molar-refractivity contribution in [1.82, 2.24) is 10.2 Å². The highest BCUT2D eigenvalue weighted by molar-refractivity contribution is 5.81. The Labute approximate surface area is 61.8 Å². The van der Waals surface area contributed by atoms with Crippen molar-refractivity contribution >= 4 is 5.97 Å². The molecule has 0 aliphatic carbocycles. The van der Waals surface area contributed by atoms with E-state index in [-0.39, 0.29) is 12.5 Å². The number of aromatic nitrogens is 2. The van der Waals surface area contributed by atoms with Crippen LogP contribution >= 0.6 is 0 Å². The van der Waals surface area contributed by atoms with Crippen molar-refractivity contribution in [3.63, 3.8) is 0 Å². The summed E-state index contributed by atoms with van der Waals surface area (Å²) in [6, 6.07) is 0. The van der Waals surface area contributed by atoms with Crippen LogP contribution in [0.1, 0.15) is 16.6 Å². The molecule has 6 heteroatoms. The molecule has 0 saturated heterocycles. The van der Waals surface area contributed by atoms with Gasteiger partial charge in [-0.2, -0.15) is 0 Å². The maximum atomic E-state index is 10.2. The highest BCUT2D eigenvalue weighted by atomic mass is 16.5. The molecule has 1 N–H and O–H groups in total. The van der Waals surface area contributed by atoms with Crippen molar-refractivity contribution in [2.24, 2.45) is 0 Å². The zero-order chi connectivity index (χ0) is 8.27. The highest BCUT2D eigenvalue weighted by Crippen LogP contribution is 1.99. The Morgan fingerprint density at radius 1 is 1.73 bits per heavy atom. The Hall–Kier alpha value is -1.43. The van der Waals surface area contributed by atoms with E-state index in [2.05, 4.69) is 19.4 Å². The summed E-state index contributed by atoms with van der Waals surface area (Å²) >= 11 is 0. The second-order valence-corrected chi connectivity index (χ2v) is 1.74. The Morgan fingerprint density at radius 2 is 2.45 bits per heavy atom. The van der Waals surface area contributed by atoms with E-state index >= 15 is 0 Å². The Balaban J connectivity index is 2.73. The SMILES string of the molecule is COCc1nnc(C(=O)O)o1. The lowest BCUT2D eigenvalue weighted by Crippen LogP contribution is -1.95. The van der Waals surface area contributed by atoms with Crippen molar-refractivity contribution in [2.75, 3.05) is 7.11 Å². The molecule has 1 aromatic heterocycles. The zero-order valence-electron chi connectivity index (χ0n) is 5.77. The van der Waals surface area contributed by atoms with Crippen LogP contribution in [0.5, 0.6) is 0 Å². The molecule has 1 aromatic rings. The van der Waals surface area contributed by atoms with Gasteiger partial charge in [0.05, 0.1) is 0 Å². The minimum absolute atomic E-state index is 0.125. The normalized spacial score (nSPS) is 9.91. The Kier molecular flexibility index (Phi) is 2.17. The van der Waals surface area contributed by atoms with E-state index in [1.54, 1.807) is 0 Å². The Morgan fingerprint density at radius 3 is 2.91 bits per heavy atom. The van der Waals surface area contributed by atoms with Crippen LogP contribution in [0.15, 0.2) is 4.42 Å². The summed E-state index contributed by atoms with van der Waals surface area (Å²) < 4.78 is 9.27. The molecule has 0 amide bonds. The van der Waals surface area contributed by atoms with Crippen LogP contribution in [-0.4, -0.2) is 28.4 Å². The molecule has 0 unspecified atom stereocenters. The van der Waals surface area contributed by atoms with Crippen molar-refractivity contribution in [1.29, 1.82) is 0 Å². The first-order valence-electron chi connectivity index (χ1n) is 2.78. The van der Waals surface area contributed by atoms with Crippen molar-refractivity contribution in [3.05, 3.63) is 11.8 Å². The average molecular weight is 158 g/mol. The molecule has 0 radical (unpaired) electrons. The molecule has 11 heavy (non-hydrogen) atoms. The fourth-order valence-electron chi connectivity index (χ4n) is 0.522. The first-order valence-corrected chi connectivity index (χ1v) is 2.78. The van der Waals surface area contributed by atoms with Crippen LogP contribution in [0, 0.1) is 0 Å². The number of hydrogen-bond acceptors (Lipinski definition) is 5. The summed E-state index contributed by atoms with van der Waals surface area (Å²) in [6.45, 7) is 0.125. The van der Waals surface area contributed by atoms with E-state index in [0.717, 1.165) is 0 Å². The monoisotopic (exact) mass is 158 g/mol. The molecule has 1 rings (SSSR count). The number of carbonyl (C=O) groups is 1. The number of rotatable bonds is 3. The van der Waals surface area contributed by atoms with Crippen LogP contribution < -0.4 is 0 Å². The van der Waals surface area contributed by atoms with Crippen LogP contribution in [0.4, 0.5) is 0 Å². The van der Waals surface area contributed by atoms with Crippen molar-refractivity contribution in [3.8, 4) is 0 Å². The molecular weight excluding hydrogens is 152 g/mol. The zero-order valence-corrected chi connectivity index (χ0v) is 5.77. The maximum absolute atomic E-state index is 10.2. The molecule has 0 fully saturated rings. The van der Waals surface area contributed by atoms with Gasteiger partial charge >= 0.3 is 11.9 Å². The number of hydrogen-bond donors (Lipinski definition) is 1. The minimum Gasteiger partial charge on any atom is -0.474 e. The number of nitrogens with zero attached hydrogens (tertiary/aromatic N) is 2. The summed E-state index contributed by atoms with van der Waals surface area (Å²) in [4.78, 5) is 10.2. The van der Waals surface area contributed by atoms with E-state index in [0.29, 0.717) is 0 Å². The lowest BCUT2D eigenvalue weighted by atomic mass is 10.7.